The molecule has 0 fully saturated rings. The Morgan fingerprint density at radius 2 is 2.12 bits per heavy atom. The van der Waals surface area contributed by atoms with Gasteiger partial charge in [0.15, 0.2) is 0 Å². The summed E-state index contributed by atoms with van der Waals surface area (Å²) in [6, 6.07) is 4.28. The molecule has 0 aliphatic carbocycles. The molecule has 0 radical (unpaired) electrons. The van der Waals surface area contributed by atoms with Crippen LogP contribution in [0.3, 0.4) is 0 Å². The van der Waals surface area contributed by atoms with Crippen LogP contribution in [0.4, 0.5) is 11.4 Å². The van der Waals surface area contributed by atoms with Crippen molar-refractivity contribution >= 4 is 33.2 Å². The van der Waals surface area contributed by atoms with Gasteiger partial charge in [-0.05, 0) is 54.4 Å². The number of hydrogen-bond donors (Lipinski definition) is 1. The average Bonchev–Trinajstić information content (AvgIpc) is 2.18. The Bertz CT molecular complexity index is 443. The van der Waals surface area contributed by atoms with Crippen molar-refractivity contribution in [3.8, 4) is 0 Å². The molecule has 0 spiro atoms. The first-order valence-corrected chi connectivity index (χ1v) is 6.16. The maximum absolute atomic E-state index is 11.9. The molecule has 4 heteroatoms. The minimum atomic E-state index is 0.118. The van der Waals surface area contributed by atoms with Crippen molar-refractivity contribution < 1.29 is 4.79 Å². The van der Waals surface area contributed by atoms with Crippen LogP contribution in [-0.2, 0) is 4.79 Å². The molecule has 0 aromatic heterocycles. The third-order valence-electron chi connectivity index (χ3n) is 2.66. The zero-order chi connectivity index (χ0) is 11.9. The zero-order valence-corrected chi connectivity index (χ0v) is 11.3. The van der Waals surface area contributed by atoms with Crippen LogP contribution < -0.4 is 10.2 Å². The smallest absolute Gasteiger partial charge is 0.246 e. The number of carbonyl (C=O) groups is 1. The predicted molar refractivity (Wildman–Crippen MR) is 70.0 cm³/mol. The second-order valence-electron chi connectivity index (χ2n) is 4.35. The van der Waals surface area contributed by atoms with E-state index in [0.717, 1.165) is 15.8 Å². The SMILES string of the molecule is Cc1cc(Br)c2c(c1)NCC(=O)N2C(C)C. The number of hydrogen-bond acceptors (Lipinski definition) is 2. The molecule has 3 nitrogen and oxygen atoms in total. The highest BCUT2D eigenvalue weighted by atomic mass is 79.9. The first kappa shape index (κ1) is 11.5. The van der Waals surface area contributed by atoms with E-state index in [9.17, 15) is 4.79 Å². The predicted octanol–water partition coefficient (Wildman–Crippen LogP) is 2.92. The van der Waals surface area contributed by atoms with Crippen LogP contribution in [0.5, 0.6) is 0 Å². The van der Waals surface area contributed by atoms with Gasteiger partial charge < -0.3 is 10.2 Å². The van der Waals surface area contributed by atoms with Gasteiger partial charge in [-0.2, -0.15) is 0 Å². The highest BCUT2D eigenvalue weighted by Crippen LogP contribution is 2.38. The van der Waals surface area contributed by atoms with Crippen molar-refractivity contribution in [3.63, 3.8) is 0 Å². The maximum atomic E-state index is 11.9. The fourth-order valence-corrected chi connectivity index (χ4v) is 2.81. The quantitative estimate of drug-likeness (QED) is 0.859. The lowest BCUT2D eigenvalue weighted by molar-refractivity contribution is -0.117. The van der Waals surface area contributed by atoms with E-state index in [1.165, 1.54) is 5.56 Å². The fraction of sp³-hybridized carbons (Fsp3) is 0.417. The normalized spacial score (nSPS) is 15.1. The molecule has 0 atom stereocenters. The summed E-state index contributed by atoms with van der Waals surface area (Å²) in [5.74, 6) is 0.118. The second kappa shape index (κ2) is 4.09. The number of benzene rings is 1. The first-order valence-electron chi connectivity index (χ1n) is 5.37. The zero-order valence-electron chi connectivity index (χ0n) is 9.67. The van der Waals surface area contributed by atoms with Gasteiger partial charge in [-0.15, -0.1) is 0 Å². The lowest BCUT2D eigenvalue weighted by Gasteiger charge is -2.34. The summed E-state index contributed by atoms with van der Waals surface area (Å²) in [4.78, 5) is 13.7. The monoisotopic (exact) mass is 282 g/mol. The van der Waals surface area contributed by atoms with Crippen LogP contribution in [0.25, 0.3) is 0 Å². The summed E-state index contributed by atoms with van der Waals surface area (Å²) in [7, 11) is 0. The van der Waals surface area contributed by atoms with Crippen molar-refractivity contribution in [2.45, 2.75) is 26.8 Å². The molecule has 1 aliphatic heterocycles. The number of aryl methyl sites for hydroxylation is 1. The molecular weight excluding hydrogens is 268 g/mol. The van der Waals surface area contributed by atoms with Gasteiger partial charge in [0.05, 0.1) is 17.9 Å². The summed E-state index contributed by atoms with van der Waals surface area (Å²) in [6.07, 6.45) is 0. The standard InChI is InChI=1S/C12H15BrN2O/c1-7(2)15-11(16)6-14-10-5-8(3)4-9(13)12(10)15/h4-5,7,14H,6H2,1-3H3. The lowest BCUT2D eigenvalue weighted by Crippen LogP contribution is -2.44. The van der Waals surface area contributed by atoms with E-state index in [1.54, 1.807) is 0 Å². The highest BCUT2D eigenvalue weighted by molar-refractivity contribution is 9.10. The molecule has 16 heavy (non-hydrogen) atoms. The van der Waals surface area contributed by atoms with Crippen LogP contribution in [0.15, 0.2) is 16.6 Å². The van der Waals surface area contributed by atoms with Gasteiger partial charge in [-0.3, -0.25) is 4.79 Å². The van der Waals surface area contributed by atoms with Crippen LogP contribution >= 0.6 is 15.9 Å². The van der Waals surface area contributed by atoms with Crippen LogP contribution in [-0.4, -0.2) is 18.5 Å². The molecular formula is C12H15BrN2O. The number of nitrogens with zero attached hydrogens (tertiary/aromatic N) is 1. The minimum Gasteiger partial charge on any atom is -0.374 e. The molecule has 1 amide bonds. The summed E-state index contributed by atoms with van der Waals surface area (Å²) in [5, 5.41) is 3.16. The van der Waals surface area contributed by atoms with E-state index in [1.807, 2.05) is 31.7 Å². The number of fused-ring (bicyclic) bond motifs is 1. The van der Waals surface area contributed by atoms with Gasteiger partial charge in [-0.1, -0.05) is 0 Å². The Balaban J connectivity index is 2.59. The molecule has 0 saturated heterocycles. The van der Waals surface area contributed by atoms with E-state index in [0.29, 0.717) is 6.54 Å². The maximum Gasteiger partial charge on any atom is 0.246 e. The van der Waals surface area contributed by atoms with Crippen LogP contribution in [0, 0.1) is 6.92 Å². The summed E-state index contributed by atoms with van der Waals surface area (Å²) in [6.45, 7) is 6.47. The number of rotatable bonds is 1. The molecule has 1 aromatic rings. The molecule has 86 valence electrons. The van der Waals surface area contributed by atoms with E-state index < -0.39 is 0 Å². The number of carbonyl (C=O) groups excluding carboxylic acids is 1. The van der Waals surface area contributed by atoms with Gasteiger partial charge >= 0.3 is 0 Å². The van der Waals surface area contributed by atoms with Gasteiger partial charge in [0.1, 0.15) is 0 Å². The fourth-order valence-electron chi connectivity index (χ4n) is 2.04. The van der Waals surface area contributed by atoms with Gasteiger partial charge in [0.25, 0.3) is 0 Å². The summed E-state index contributed by atoms with van der Waals surface area (Å²) < 4.78 is 0.969. The summed E-state index contributed by atoms with van der Waals surface area (Å²) in [5.41, 5.74) is 3.16. The Labute approximate surface area is 104 Å². The lowest BCUT2D eigenvalue weighted by atomic mass is 10.1. The number of nitrogens with one attached hydrogen (secondary N) is 1. The second-order valence-corrected chi connectivity index (χ2v) is 5.21. The summed E-state index contributed by atoms with van der Waals surface area (Å²) >= 11 is 3.54. The molecule has 1 aromatic carbocycles. The van der Waals surface area contributed by atoms with Gasteiger partial charge in [0.2, 0.25) is 5.91 Å². The topological polar surface area (TPSA) is 32.3 Å². The molecule has 2 rings (SSSR count). The Kier molecular flexibility index (Phi) is 2.93. The van der Waals surface area contributed by atoms with E-state index in [4.69, 9.17) is 0 Å². The molecule has 0 unspecified atom stereocenters. The van der Waals surface area contributed by atoms with Gasteiger partial charge in [0, 0.05) is 10.5 Å². The third-order valence-corrected chi connectivity index (χ3v) is 3.27. The minimum absolute atomic E-state index is 0.118. The molecule has 0 saturated carbocycles. The molecule has 1 aliphatic rings. The van der Waals surface area contributed by atoms with E-state index >= 15 is 0 Å². The third kappa shape index (κ3) is 1.82. The molecule has 0 bridgehead atoms. The highest BCUT2D eigenvalue weighted by Gasteiger charge is 2.28. The van der Waals surface area contributed by atoms with Crippen molar-refractivity contribution in [3.05, 3.63) is 22.2 Å². The number of halogens is 1. The Hall–Kier alpha value is -1.03. The van der Waals surface area contributed by atoms with Gasteiger partial charge in [-0.25, -0.2) is 0 Å². The van der Waals surface area contributed by atoms with E-state index in [2.05, 4.69) is 27.3 Å². The first-order chi connectivity index (χ1) is 7.50. The van der Waals surface area contributed by atoms with Crippen molar-refractivity contribution in [1.29, 1.82) is 0 Å². The Morgan fingerprint density at radius 1 is 1.44 bits per heavy atom. The van der Waals surface area contributed by atoms with Crippen LogP contribution in [0.2, 0.25) is 0 Å². The number of amides is 1. The van der Waals surface area contributed by atoms with Crippen molar-refractivity contribution in [2.24, 2.45) is 0 Å². The molecule has 1 N–H and O–H groups in total. The Morgan fingerprint density at radius 3 is 2.75 bits per heavy atom. The number of anilines is 2. The van der Waals surface area contributed by atoms with Crippen molar-refractivity contribution in [2.75, 3.05) is 16.8 Å². The largest absolute Gasteiger partial charge is 0.374 e. The van der Waals surface area contributed by atoms with E-state index in [-0.39, 0.29) is 11.9 Å². The average molecular weight is 283 g/mol. The van der Waals surface area contributed by atoms with Crippen molar-refractivity contribution in [1.82, 2.24) is 0 Å². The van der Waals surface area contributed by atoms with Crippen LogP contribution in [0.1, 0.15) is 19.4 Å². The molecule has 1 heterocycles.